The Hall–Kier alpha value is -2.89. The first kappa shape index (κ1) is 15.6. The second-order valence-corrected chi connectivity index (χ2v) is 6.30. The summed E-state index contributed by atoms with van der Waals surface area (Å²) >= 11 is 0. The first-order chi connectivity index (χ1) is 12.2. The number of aromatic nitrogens is 3. The quantitative estimate of drug-likeness (QED) is 0.735. The van der Waals surface area contributed by atoms with Gasteiger partial charge in [-0.2, -0.15) is 0 Å². The van der Waals surface area contributed by atoms with Gasteiger partial charge in [0, 0.05) is 18.7 Å². The molecule has 1 aromatic heterocycles. The Morgan fingerprint density at radius 2 is 1.88 bits per heavy atom. The Kier molecular flexibility index (Phi) is 4.09. The molecule has 1 fully saturated rings. The molecule has 3 aromatic rings. The minimum absolute atomic E-state index is 0.0871. The van der Waals surface area contributed by atoms with Crippen molar-refractivity contribution in [3.63, 3.8) is 0 Å². The molecule has 6 nitrogen and oxygen atoms in total. The standard InChI is InChI=1S/C19H20N4O2/c1-25-16-7-4-14(5-8-16)13-23-18-9-6-15(12-17(18)20-21-23)19(24)22-10-2-3-11-22/h4-9,12H,2-3,10-11,13H2,1H3. The van der Waals surface area contributed by atoms with E-state index in [0.29, 0.717) is 12.1 Å². The lowest BCUT2D eigenvalue weighted by atomic mass is 10.1. The number of likely N-dealkylation sites (tertiary alicyclic amines) is 1. The maximum absolute atomic E-state index is 12.5. The number of methoxy groups -OCH3 is 1. The van der Waals surface area contributed by atoms with Crippen LogP contribution in [0, 0.1) is 0 Å². The van der Waals surface area contributed by atoms with Crippen molar-refractivity contribution >= 4 is 16.9 Å². The first-order valence-corrected chi connectivity index (χ1v) is 8.50. The summed E-state index contributed by atoms with van der Waals surface area (Å²) in [5.74, 6) is 0.918. The van der Waals surface area contributed by atoms with Gasteiger partial charge in [-0.05, 0) is 48.7 Å². The van der Waals surface area contributed by atoms with E-state index in [-0.39, 0.29) is 5.91 Å². The molecular weight excluding hydrogens is 316 g/mol. The van der Waals surface area contributed by atoms with Gasteiger partial charge in [-0.15, -0.1) is 5.10 Å². The van der Waals surface area contributed by atoms with Crippen LogP contribution in [-0.2, 0) is 6.54 Å². The molecule has 128 valence electrons. The van der Waals surface area contributed by atoms with Crippen LogP contribution in [0.25, 0.3) is 11.0 Å². The molecule has 0 N–H and O–H groups in total. The maximum Gasteiger partial charge on any atom is 0.253 e. The zero-order valence-electron chi connectivity index (χ0n) is 14.2. The number of amides is 1. The van der Waals surface area contributed by atoms with Crippen molar-refractivity contribution in [1.29, 1.82) is 0 Å². The summed E-state index contributed by atoms with van der Waals surface area (Å²) in [5, 5.41) is 8.48. The van der Waals surface area contributed by atoms with Gasteiger partial charge in [0.05, 0.1) is 19.2 Å². The van der Waals surface area contributed by atoms with Gasteiger partial charge in [0.25, 0.3) is 5.91 Å². The van der Waals surface area contributed by atoms with E-state index in [2.05, 4.69) is 10.3 Å². The van der Waals surface area contributed by atoms with Crippen LogP contribution in [0.2, 0.25) is 0 Å². The van der Waals surface area contributed by atoms with Crippen molar-refractivity contribution in [1.82, 2.24) is 19.9 Å². The smallest absolute Gasteiger partial charge is 0.253 e. The van der Waals surface area contributed by atoms with Gasteiger partial charge in [0.1, 0.15) is 11.3 Å². The first-order valence-electron chi connectivity index (χ1n) is 8.50. The Bertz CT molecular complexity index is 895. The number of fused-ring (bicyclic) bond motifs is 1. The molecule has 25 heavy (non-hydrogen) atoms. The number of hydrogen-bond acceptors (Lipinski definition) is 4. The normalized spacial score (nSPS) is 14.2. The lowest BCUT2D eigenvalue weighted by molar-refractivity contribution is 0.0793. The predicted octanol–water partition coefficient (Wildman–Crippen LogP) is 2.72. The van der Waals surface area contributed by atoms with Crippen LogP contribution in [0.3, 0.4) is 0 Å². The molecular formula is C19H20N4O2. The number of nitrogens with zero attached hydrogens (tertiary/aromatic N) is 4. The number of carbonyl (C=O) groups excluding carboxylic acids is 1. The minimum Gasteiger partial charge on any atom is -0.497 e. The van der Waals surface area contributed by atoms with Gasteiger partial charge >= 0.3 is 0 Å². The fourth-order valence-corrected chi connectivity index (χ4v) is 3.23. The van der Waals surface area contributed by atoms with Crippen LogP contribution in [0.1, 0.15) is 28.8 Å². The zero-order valence-corrected chi connectivity index (χ0v) is 14.2. The van der Waals surface area contributed by atoms with Gasteiger partial charge in [0.15, 0.2) is 0 Å². The van der Waals surface area contributed by atoms with Gasteiger partial charge in [-0.1, -0.05) is 17.3 Å². The Morgan fingerprint density at radius 3 is 2.60 bits per heavy atom. The lowest BCUT2D eigenvalue weighted by Gasteiger charge is -2.14. The number of ether oxygens (including phenoxy) is 1. The monoisotopic (exact) mass is 336 g/mol. The summed E-state index contributed by atoms with van der Waals surface area (Å²) in [4.78, 5) is 14.4. The van der Waals surface area contributed by atoms with E-state index >= 15 is 0 Å². The third kappa shape index (κ3) is 3.07. The van der Waals surface area contributed by atoms with E-state index in [1.54, 1.807) is 7.11 Å². The third-order valence-electron chi connectivity index (χ3n) is 4.65. The number of benzene rings is 2. The largest absolute Gasteiger partial charge is 0.497 e. The molecule has 0 spiro atoms. The SMILES string of the molecule is COc1ccc(Cn2nnc3cc(C(=O)N4CCCC4)ccc32)cc1. The van der Waals surface area contributed by atoms with Gasteiger partial charge in [0.2, 0.25) is 0 Å². The van der Waals surface area contributed by atoms with Crippen LogP contribution >= 0.6 is 0 Å². The Morgan fingerprint density at radius 1 is 1.12 bits per heavy atom. The fraction of sp³-hybridized carbons (Fsp3) is 0.316. The summed E-state index contributed by atoms with van der Waals surface area (Å²) in [6.07, 6.45) is 2.18. The number of hydrogen-bond donors (Lipinski definition) is 0. The second kappa shape index (κ2) is 6.55. The zero-order chi connectivity index (χ0) is 17.2. The molecule has 0 radical (unpaired) electrons. The number of rotatable bonds is 4. The highest BCUT2D eigenvalue weighted by molar-refractivity contribution is 5.97. The summed E-state index contributed by atoms with van der Waals surface area (Å²) in [7, 11) is 1.65. The molecule has 0 bridgehead atoms. The number of carbonyl (C=O) groups is 1. The summed E-state index contributed by atoms with van der Waals surface area (Å²) < 4.78 is 7.03. The van der Waals surface area contributed by atoms with Crippen molar-refractivity contribution < 1.29 is 9.53 Å². The summed E-state index contributed by atoms with van der Waals surface area (Å²) in [6, 6.07) is 13.5. The minimum atomic E-state index is 0.0871. The molecule has 1 amide bonds. The van der Waals surface area contributed by atoms with E-state index in [0.717, 1.165) is 48.3 Å². The van der Waals surface area contributed by atoms with Gasteiger partial charge < -0.3 is 9.64 Å². The van der Waals surface area contributed by atoms with Crippen molar-refractivity contribution in [3.8, 4) is 5.75 Å². The van der Waals surface area contributed by atoms with Crippen molar-refractivity contribution in [3.05, 3.63) is 53.6 Å². The maximum atomic E-state index is 12.5. The molecule has 0 atom stereocenters. The fourth-order valence-electron chi connectivity index (χ4n) is 3.23. The van der Waals surface area contributed by atoms with E-state index in [9.17, 15) is 4.79 Å². The predicted molar refractivity (Wildman–Crippen MR) is 94.8 cm³/mol. The van der Waals surface area contributed by atoms with Crippen LogP contribution in [-0.4, -0.2) is 46.0 Å². The van der Waals surface area contributed by atoms with Crippen LogP contribution in [0.15, 0.2) is 42.5 Å². The average Bonchev–Trinajstić information content (AvgIpc) is 3.32. The molecule has 2 heterocycles. The van der Waals surface area contributed by atoms with Crippen LogP contribution in [0.5, 0.6) is 5.75 Å². The lowest BCUT2D eigenvalue weighted by Crippen LogP contribution is -2.27. The Labute approximate surface area is 146 Å². The highest BCUT2D eigenvalue weighted by atomic mass is 16.5. The van der Waals surface area contributed by atoms with Crippen molar-refractivity contribution in [2.45, 2.75) is 19.4 Å². The molecule has 1 saturated heterocycles. The molecule has 1 aliphatic heterocycles. The molecule has 0 aliphatic carbocycles. The topological polar surface area (TPSA) is 60.2 Å². The van der Waals surface area contributed by atoms with E-state index in [4.69, 9.17) is 4.74 Å². The summed E-state index contributed by atoms with van der Waals surface area (Å²) in [6.45, 7) is 2.32. The molecule has 6 heteroatoms. The van der Waals surface area contributed by atoms with E-state index in [1.165, 1.54) is 0 Å². The van der Waals surface area contributed by atoms with Crippen LogP contribution < -0.4 is 4.74 Å². The molecule has 0 saturated carbocycles. The van der Waals surface area contributed by atoms with Crippen LogP contribution in [0.4, 0.5) is 0 Å². The highest BCUT2D eigenvalue weighted by Gasteiger charge is 2.20. The summed E-state index contributed by atoms with van der Waals surface area (Å²) in [5.41, 5.74) is 3.48. The van der Waals surface area contributed by atoms with E-state index < -0.39 is 0 Å². The Balaban J connectivity index is 1.57. The average molecular weight is 336 g/mol. The third-order valence-corrected chi connectivity index (χ3v) is 4.65. The molecule has 2 aromatic carbocycles. The molecule has 0 unspecified atom stereocenters. The van der Waals surface area contributed by atoms with Gasteiger partial charge in [-0.25, -0.2) is 4.68 Å². The van der Waals surface area contributed by atoms with E-state index in [1.807, 2.05) is 52.0 Å². The molecule has 1 aliphatic rings. The highest BCUT2D eigenvalue weighted by Crippen LogP contribution is 2.19. The van der Waals surface area contributed by atoms with Gasteiger partial charge in [-0.3, -0.25) is 4.79 Å². The van der Waals surface area contributed by atoms with Crippen molar-refractivity contribution in [2.24, 2.45) is 0 Å². The van der Waals surface area contributed by atoms with Crippen molar-refractivity contribution in [2.75, 3.05) is 20.2 Å². The molecule has 4 rings (SSSR count). The second-order valence-electron chi connectivity index (χ2n) is 6.30.